The summed E-state index contributed by atoms with van der Waals surface area (Å²) in [5.74, 6) is 0.889. The molecule has 5 heteroatoms. The summed E-state index contributed by atoms with van der Waals surface area (Å²) >= 11 is 9.62. The summed E-state index contributed by atoms with van der Waals surface area (Å²) in [6.45, 7) is 2.12. The molecule has 3 nitrogen and oxygen atoms in total. The molecule has 0 saturated heterocycles. The highest BCUT2D eigenvalue weighted by Gasteiger charge is 2.22. The summed E-state index contributed by atoms with van der Waals surface area (Å²) in [7, 11) is 0. The normalized spacial score (nSPS) is 19.8. The molecule has 0 amide bonds. The molecular formula is C12H13BrClN3. The fourth-order valence-corrected chi connectivity index (χ4v) is 2.67. The van der Waals surface area contributed by atoms with Crippen molar-refractivity contribution >= 4 is 39.1 Å². The second kappa shape index (κ2) is 5.19. The Bertz CT molecular complexity index is 497. The molecule has 1 aliphatic rings. The van der Waals surface area contributed by atoms with Gasteiger partial charge in [0.25, 0.3) is 0 Å². The van der Waals surface area contributed by atoms with Crippen LogP contribution in [0.4, 0.5) is 0 Å². The molecule has 0 spiro atoms. The van der Waals surface area contributed by atoms with Crippen LogP contribution in [0.25, 0.3) is 0 Å². The van der Waals surface area contributed by atoms with Gasteiger partial charge < -0.3 is 5.73 Å². The summed E-state index contributed by atoms with van der Waals surface area (Å²) in [6.07, 6.45) is 1.73. The molecule has 1 atom stereocenters. The highest BCUT2D eigenvalue weighted by molar-refractivity contribution is 9.10. The van der Waals surface area contributed by atoms with Crippen molar-refractivity contribution in [1.29, 1.82) is 0 Å². The Balaban J connectivity index is 2.44. The molecule has 90 valence electrons. The third kappa shape index (κ3) is 2.69. The van der Waals surface area contributed by atoms with Crippen molar-refractivity contribution in [3.05, 3.63) is 33.3 Å². The van der Waals surface area contributed by atoms with Crippen LogP contribution in [0.15, 0.2) is 32.9 Å². The number of hydrogen-bond acceptors (Lipinski definition) is 3. The van der Waals surface area contributed by atoms with Crippen molar-refractivity contribution in [2.45, 2.75) is 19.8 Å². The first-order chi connectivity index (χ1) is 8.11. The molecular weight excluding hydrogens is 302 g/mol. The molecule has 0 radical (unpaired) electrons. The maximum absolute atomic E-state index is 6.23. The predicted octanol–water partition coefficient (Wildman–Crippen LogP) is 3.59. The quantitative estimate of drug-likeness (QED) is 0.891. The second-order valence-electron chi connectivity index (χ2n) is 4.01. The van der Waals surface area contributed by atoms with Crippen LogP contribution >= 0.6 is 27.5 Å². The maximum atomic E-state index is 6.23. The van der Waals surface area contributed by atoms with Crippen molar-refractivity contribution < 1.29 is 0 Å². The standard InChI is InChI=1S/C12H13BrClN3/c1-2-7-5-11(15)16-17-12(7)9-4-3-8(13)6-10(9)14/h3-4,6-7H,2,5H2,1H3,(H2,15,16). The molecule has 1 aromatic rings. The maximum Gasteiger partial charge on any atom is 0.123 e. The summed E-state index contributed by atoms with van der Waals surface area (Å²) in [5, 5.41) is 8.85. The number of rotatable bonds is 2. The molecule has 0 bridgehead atoms. The monoisotopic (exact) mass is 313 g/mol. The summed E-state index contributed by atoms with van der Waals surface area (Å²) in [4.78, 5) is 0. The first-order valence-corrected chi connectivity index (χ1v) is 6.64. The van der Waals surface area contributed by atoms with Gasteiger partial charge in [-0.1, -0.05) is 40.5 Å². The number of nitrogens with two attached hydrogens (primary N) is 1. The van der Waals surface area contributed by atoms with Gasteiger partial charge in [0.15, 0.2) is 0 Å². The molecule has 0 aromatic heterocycles. The van der Waals surface area contributed by atoms with Crippen LogP contribution in [0.1, 0.15) is 25.3 Å². The van der Waals surface area contributed by atoms with Crippen LogP contribution in [-0.4, -0.2) is 11.5 Å². The lowest BCUT2D eigenvalue weighted by atomic mass is 9.90. The summed E-state index contributed by atoms with van der Waals surface area (Å²) < 4.78 is 0.957. The highest BCUT2D eigenvalue weighted by atomic mass is 79.9. The van der Waals surface area contributed by atoms with E-state index in [0.717, 1.165) is 28.6 Å². The number of hydrogen-bond donors (Lipinski definition) is 1. The van der Waals surface area contributed by atoms with E-state index in [-0.39, 0.29) is 0 Å². The molecule has 2 rings (SSSR count). The Labute approximate surface area is 114 Å². The fraction of sp³-hybridized carbons (Fsp3) is 0.333. The van der Waals surface area contributed by atoms with E-state index in [2.05, 4.69) is 33.1 Å². The van der Waals surface area contributed by atoms with E-state index in [1.807, 2.05) is 18.2 Å². The molecule has 2 N–H and O–H groups in total. The minimum absolute atomic E-state index is 0.297. The average molecular weight is 315 g/mol. The molecule has 0 aliphatic carbocycles. The Morgan fingerprint density at radius 1 is 1.47 bits per heavy atom. The van der Waals surface area contributed by atoms with E-state index in [9.17, 15) is 0 Å². The third-order valence-electron chi connectivity index (χ3n) is 2.83. The number of benzene rings is 1. The SMILES string of the molecule is CCC1CC(N)=NN=C1c1ccc(Br)cc1Cl. The van der Waals surface area contributed by atoms with Crippen LogP contribution in [0.2, 0.25) is 5.02 Å². The van der Waals surface area contributed by atoms with Crippen molar-refractivity contribution in [1.82, 2.24) is 0 Å². The molecule has 1 unspecified atom stereocenters. The smallest absolute Gasteiger partial charge is 0.123 e. The van der Waals surface area contributed by atoms with Gasteiger partial charge in [-0.25, -0.2) is 0 Å². The van der Waals surface area contributed by atoms with Crippen molar-refractivity contribution in [3.8, 4) is 0 Å². The first-order valence-electron chi connectivity index (χ1n) is 5.47. The van der Waals surface area contributed by atoms with E-state index < -0.39 is 0 Å². The zero-order valence-corrected chi connectivity index (χ0v) is 11.8. The van der Waals surface area contributed by atoms with E-state index >= 15 is 0 Å². The van der Waals surface area contributed by atoms with Gasteiger partial charge >= 0.3 is 0 Å². The Morgan fingerprint density at radius 2 is 2.24 bits per heavy atom. The number of amidine groups is 1. The molecule has 1 heterocycles. The largest absolute Gasteiger partial charge is 0.386 e. The lowest BCUT2D eigenvalue weighted by Crippen LogP contribution is -2.26. The zero-order valence-electron chi connectivity index (χ0n) is 9.45. The van der Waals surface area contributed by atoms with Gasteiger partial charge in [0.1, 0.15) is 5.84 Å². The van der Waals surface area contributed by atoms with Gasteiger partial charge in [-0.15, -0.1) is 5.10 Å². The lowest BCUT2D eigenvalue weighted by Gasteiger charge is -2.20. The van der Waals surface area contributed by atoms with Crippen LogP contribution in [0.3, 0.4) is 0 Å². The van der Waals surface area contributed by atoms with E-state index in [1.54, 1.807) is 0 Å². The molecule has 1 aromatic carbocycles. The zero-order chi connectivity index (χ0) is 12.4. The second-order valence-corrected chi connectivity index (χ2v) is 5.33. The van der Waals surface area contributed by atoms with Crippen molar-refractivity contribution in [2.24, 2.45) is 21.9 Å². The van der Waals surface area contributed by atoms with Crippen molar-refractivity contribution in [3.63, 3.8) is 0 Å². The summed E-state index contributed by atoms with van der Waals surface area (Å²) in [5.41, 5.74) is 7.58. The average Bonchev–Trinajstić information content (AvgIpc) is 2.30. The minimum Gasteiger partial charge on any atom is -0.386 e. The van der Waals surface area contributed by atoms with Crippen LogP contribution in [0.5, 0.6) is 0 Å². The minimum atomic E-state index is 0.297. The van der Waals surface area contributed by atoms with E-state index in [4.69, 9.17) is 17.3 Å². The van der Waals surface area contributed by atoms with Gasteiger partial charge in [-0.05, 0) is 18.6 Å². The van der Waals surface area contributed by atoms with E-state index in [0.29, 0.717) is 16.8 Å². The fourth-order valence-electron chi connectivity index (χ4n) is 1.90. The third-order valence-corrected chi connectivity index (χ3v) is 3.63. The van der Waals surface area contributed by atoms with E-state index in [1.165, 1.54) is 0 Å². The molecule has 17 heavy (non-hydrogen) atoms. The van der Waals surface area contributed by atoms with Crippen LogP contribution in [0, 0.1) is 5.92 Å². The number of halogens is 2. The van der Waals surface area contributed by atoms with Crippen molar-refractivity contribution in [2.75, 3.05) is 0 Å². The van der Waals surface area contributed by atoms with Gasteiger partial charge in [0, 0.05) is 22.4 Å². The lowest BCUT2D eigenvalue weighted by molar-refractivity contribution is 0.677. The topological polar surface area (TPSA) is 50.7 Å². The number of nitrogens with zero attached hydrogens (tertiary/aromatic N) is 2. The predicted molar refractivity (Wildman–Crippen MR) is 75.7 cm³/mol. The Hall–Kier alpha value is -0.870. The van der Waals surface area contributed by atoms with Crippen LogP contribution < -0.4 is 5.73 Å². The Morgan fingerprint density at radius 3 is 2.88 bits per heavy atom. The summed E-state index contributed by atoms with van der Waals surface area (Å²) in [6, 6.07) is 5.79. The molecule has 1 aliphatic heterocycles. The molecule has 0 fully saturated rings. The molecule has 0 saturated carbocycles. The highest BCUT2D eigenvalue weighted by Crippen LogP contribution is 2.27. The Kier molecular flexibility index (Phi) is 3.84. The first kappa shape index (κ1) is 12.6. The van der Waals surface area contributed by atoms with Crippen LogP contribution in [-0.2, 0) is 0 Å². The van der Waals surface area contributed by atoms with Gasteiger partial charge in [0.05, 0.1) is 10.7 Å². The van der Waals surface area contributed by atoms with Gasteiger partial charge in [0.2, 0.25) is 0 Å². The van der Waals surface area contributed by atoms with Gasteiger partial charge in [-0.2, -0.15) is 5.10 Å². The van der Waals surface area contributed by atoms with Gasteiger partial charge in [-0.3, -0.25) is 0 Å².